The largest absolute Gasteiger partial charge is 0.497 e. The monoisotopic (exact) mass is 568 g/mol. The molecule has 5 rings (SSSR count). The van der Waals surface area contributed by atoms with E-state index in [2.05, 4.69) is 5.32 Å². The van der Waals surface area contributed by atoms with Crippen molar-refractivity contribution in [3.8, 4) is 11.6 Å². The molecular formula is C30H40N4O7. The number of carboxylic acid groups (broad SMARTS) is 1. The highest BCUT2D eigenvalue weighted by Gasteiger charge is 2.46. The lowest BCUT2D eigenvalue weighted by Crippen LogP contribution is -2.57. The number of amides is 2. The summed E-state index contributed by atoms with van der Waals surface area (Å²) in [5, 5.41) is 12.9. The van der Waals surface area contributed by atoms with Gasteiger partial charge < -0.3 is 29.5 Å². The van der Waals surface area contributed by atoms with E-state index < -0.39 is 35.5 Å². The molecule has 1 saturated heterocycles. The van der Waals surface area contributed by atoms with E-state index in [9.17, 15) is 19.5 Å². The van der Waals surface area contributed by atoms with Crippen molar-refractivity contribution in [3.05, 3.63) is 23.9 Å². The fourth-order valence-corrected chi connectivity index (χ4v) is 5.76. The fourth-order valence-electron chi connectivity index (χ4n) is 5.76. The maximum atomic E-state index is 13.8. The van der Waals surface area contributed by atoms with E-state index in [1.807, 2.05) is 32.9 Å². The smallest absolute Gasteiger partial charge is 0.326 e. The van der Waals surface area contributed by atoms with Gasteiger partial charge >= 0.3 is 5.97 Å². The number of hydrogen-bond acceptors (Lipinski definition) is 8. The molecule has 11 heteroatoms. The molecule has 2 N–H and O–H groups in total. The molecule has 1 aromatic heterocycles. The Kier molecular flexibility index (Phi) is 8.35. The zero-order valence-electron chi connectivity index (χ0n) is 24.2. The number of fused-ring (bicyclic) bond motifs is 5. The molecular weight excluding hydrogens is 528 g/mol. The van der Waals surface area contributed by atoms with Crippen molar-refractivity contribution in [2.75, 3.05) is 20.3 Å². The summed E-state index contributed by atoms with van der Waals surface area (Å²) in [5.74, 6) is -0.526. The molecule has 1 saturated carbocycles. The number of hydrogen-bond donors (Lipinski definition) is 2. The Morgan fingerprint density at radius 2 is 1.93 bits per heavy atom. The normalized spacial score (nSPS) is 27.9. The molecule has 2 fully saturated rings. The number of aryl methyl sites for hydroxylation is 1. The van der Waals surface area contributed by atoms with Crippen LogP contribution in [0.4, 0.5) is 0 Å². The quantitative estimate of drug-likeness (QED) is 0.559. The van der Waals surface area contributed by atoms with Crippen molar-refractivity contribution in [1.82, 2.24) is 20.2 Å². The van der Waals surface area contributed by atoms with Crippen LogP contribution in [0.15, 0.2) is 18.2 Å². The van der Waals surface area contributed by atoms with Crippen LogP contribution < -0.4 is 14.8 Å². The maximum absolute atomic E-state index is 13.8. The van der Waals surface area contributed by atoms with Gasteiger partial charge in [-0.15, -0.1) is 0 Å². The van der Waals surface area contributed by atoms with Gasteiger partial charge in [0.1, 0.15) is 36.2 Å². The highest BCUT2D eigenvalue weighted by Crippen LogP contribution is 2.38. The van der Waals surface area contributed by atoms with Crippen LogP contribution in [0.5, 0.6) is 11.6 Å². The van der Waals surface area contributed by atoms with E-state index >= 15 is 0 Å². The number of rotatable bonds is 2. The van der Waals surface area contributed by atoms with Gasteiger partial charge in [0.05, 0.1) is 30.8 Å². The van der Waals surface area contributed by atoms with Gasteiger partial charge in [-0.2, -0.15) is 0 Å². The highest BCUT2D eigenvalue weighted by molar-refractivity contribution is 5.91. The van der Waals surface area contributed by atoms with Crippen molar-refractivity contribution in [2.45, 2.75) is 90.0 Å². The Balaban J connectivity index is 1.46. The molecule has 1 unspecified atom stereocenters. The van der Waals surface area contributed by atoms with Crippen molar-refractivity contribution < 1.29 is 33.7 Å². The number of carboxylic acids is 1. The van der Waals surface area contributed by atoms with Crippen LogP contribution in [0.25, 0.3) is 11.0 Å². The van der Waals surface area contributed by atoms with E-state index in [1.54, 1.807) is 13.2 Å². The molecule has 1 aliphatic carbocycles. The number of aromatic nitrogens is 2. The molecule has 5 atom stereocenters. The van der Waals surface area contributed by atoms with Gasteiger partial charge in [-0.25, -0.2) is 14.8 Å². The number of nitrogens with one attached hydrogen (secondary N) is 1. The van der Waals surface area contributed by atoms with E-state index in [0.717, 1.165) is 37.6 Å². The Labute approximate surface area is 239 Å². The van der Waals surface area contributed by atoms with E-state index in [4.69, 9.17) is 24.2 Å². The Bertz CT molecular complexity index is 1310. The third kappa shape index (κ3) is 6.72. The van der Waals surface area contributed by atoms with Crippen molar-refractivity contribution in [3.63, 3.8) is 0 Å². The Morgan fingerprint density at radius 3 is 2.66 bits per heavy atom. The third-order valence-corrected chi connectivity index (χ3v) is 8.21. The predicted molar refractivity (Wildman–Crippen MR) is 150 cm³/mol. The molecule has 0 radical (unpaired) electrons. The minimum absolute atomic E-state index is 0.0514. The molecule has 2 aliphatic heterocycles. The number of methoxy groups -OCH3 is 1. The zero-order chi connectivity index (χ0) is 29.3. The van der Waals surface area contributed by atoms with E-state index in [0.29, 0.717) is 35.2 Å². The summed E-state index contributed by atoms with van der Waals surface area (Å²) in [6.45, 7) is 5.45. The minimum atomic E-state index is -1.12. The molecule has 222 valence electrons. The van der Waals surface area contributed by atoms with E-state index in [1.165, 1.54) is 4.90 Å². The van der Waals surface area contributed by atoms with Crippen LogP contribution >= 0.6 is 0 Å². The summed E-state index contributed by atoms with van der Waals surface area (Å²) < 4.78 is 17.5. The van der Waals surface area contributed by atoms with Gasteiger partial charge in [-0.1, -0.05) is 33.6 Å². The molecule has 41 heavy (non-hydrogen) atoms. The van der Waals surface area contributed by atoms with Crippen LogP contribution in [-0.4, -0.2) is 82.3 Å². The number of ether oxygens (including phenoxy) is 3. The lowest BCUT2D eigenvalue weighted by Gasteiger charge is -2.34. The number of nitrogens with zero attached hydrogens (tertiary/aromatic N) is 3. The lowest BCUT2D eigenvalue weighted by molar-refractivity contribution is -0.151. The van der Waals surface area contributed by atoms with Gasteiger partial charge in [0.25, 0.3) is 0 Å². The van der Waals surface area contributed by atoms with Crippen LogP contribution in [0.2, 0.25) is 0 Å². The van der Waals surface area contributed by atoms with E-state index in [-0.39, 0.29) is 31.6 Å². The minimum Gasteiger partial charge on any atom is -0.497 e. The van der Waals surface area contributed by atoms with Gasteiger partial charge in [0.2, 0.25) is 17.7 Å². The first kappa shape index (κ1) is 29.0. The number of benzene rings is 1. The fraction of sp³-hybridized carbons (Fsp3) is 0.633. The highest BCUT2D eigenvalue weighted by atomic mass is 16.5. The lowest BCUT2D eigenvalue weighted by atomic mass is 9.85. The second-order valence-corrected chi connectivity index (χ2v) is 12.5. The molecule has 3 heterocycles. The zero-order valence-corrected chi connectivity index (χ0v) is 24.2. The topological polar surface area (TPSA) is 140 Å². The molecule has 2 bridgehead atoms. The van der Waals surface area contributed by atoms with Crippen molar-refractivity contribution >= 4 is 28.8 Å². The van der Waals surface area contributed by atoms with Gasteiger partial charge in [-0.05, 0) is 49.1 Å². The summed E-state index contributed by atoms with van der Waals surface area (Å²) in [7, 11) is 1.58. The SMILES string of the molecule is COc1ccc2nc3c(nc2c1)O[C@@H]1C[C@@H](C(=O)O)N(C1)C(=O)[C@H](C(C)(C)C)NC(=O)COC1C[C@H]1CCCCC3. The van der Waals surface area contributed by atoms with Crippen LogP contribution in [-0.2, 0) is 25.5 Å². The molecule has 2 amide bonds. The molecule has 11 nitrogen and oxygen atoms in total. The maximum Gasteiger partial charge on any atom is 0.326 e. The van der Waals surface area contributed by atoms with Gasteiger partial charge in [-0.3, -0.25) is 9.59 Å². The van der Waals surface area contributed by atoms with Crippen molar-refractivity contribution in [2.24, 2.45) is 11.3 Å². The molecule has 2 aromatic rings. The average molecular weight is 569 g/mol. The first-order valence-corrected chi connectivity index (χ1v) is 14.5. The Hall–Kier alpha value is -3.47. The van der Waals surface area contributed by atoms with Crippen LogP contribution in [0.3, 0.4) is 0 Å². The molecule has 3 aliphatic rings. The summed E-state index contributed by atoms with van der Waals surface area (Å²) in [5.41, 5.74) is 1.38. The van der Waals surface area contributed by atoms with Crippen molar-refractivity contribution in [1.29, 1.82) is 0 Å². The number of aliphatic carboxylic acids is 1. The average Bonchev–Trinajstić information content (AvgIpc) is 3.54. The van der Waals surface area contributed by atoms with Crippen LogP contribution in [0.1, 0.15) is 65.0 Å². The first-order chi connectivity index (χ1) is 19.5. The second kappa shape index (κ2) is 11.8. The van der Waals surface area contributed by atoms with Gasteiger partial charge in [0, 0.05) is 12.5 Å². The van der Waals surface area contributed by atoms with Gasteiger partial charge in [0.15, 0.2) is 0 Å². The Morgan fingerprint density at radius 1 is 1.12 bits per heavy atom. The summed E-state index contributed by atoms with van der Waals surface area (Å²) in [6, 6.07) is 3.46. The summed E-state index contributed by atoms with van der Waals surface area (Å²) in [6.07, 6.45) is 5.13. The second-order valence-electron chi connectivity index (χ2n) is 12.5. The third-order valence-electron chi connectivity index (χ3n) is 8.21. The first-order valence-electron chi connectivity index (χ1n) is 14.5. The number of carbonyl (C=O) groups excluding carboxylic acids is 2. The predicted octanol–water partition coefficient (Wildman–Crippen LogP) is 3.12. The standard InChI is InChI=1S/C30H40N4O7/c1-30(2,3)26-28(36)34-15-19(14-23(34)29(37)38)41-27-21(31-20-11-10-18(39-4)13-22(20)32-27)9-7-5-6-8-17-12-24(17)40-16-25(35)33-26/h10-11,13,17,19,23-24,26H,5-9,12,14-16H2,1-4H3,(H,33,35)(H,37,38)/t17-,19-,23+,24?,26-/m1/s1. The number of carbonyl (C=O) groups is 3. The molecule has 0 spiro atoms. The molecule has 1 aromatic carbocycles. The summed E-state index contributed by atoms with van der Waals surface area (Å²) >= 11 is 0. The van der Waals surface area contributed by atoms with Crippen LogP contribution in [0, 0.1) is 11.3 Å². The summed E-state index contributed by atoms with van der Waals surface area (Å²) in [4.78, 5) is 49.9.